The van der Waals surface area contributed by atoms with Gasteiger partial charge in [0, 0.05) is 5.92 Å². The summed E-state index contributed by atoms with van der Waals surface area (Å²) in [5.74, 6) is -0.566. The molecular weight excluding hydrogens is 244 g/mol. The highest BCUT2D eigenvalue weighted by atomic mass is 16.5. The number of ketones is 1. The summed E-state index contributed by atoms with van der Waals surface area (Å²) >= 11 is 0. The summed E-state index contributed by atoms with van der Waals surface area (Å²) in [7, 11) is 0. The van der Waals surface area contributed by atoms with Crippen molar-refractivity contribution in [3.8, 4) is 0 Å². The molecule has 4 heteroatoms. The van der Waals surface area contributed by atoms with Gasteiger partial charge in [0.1, 0.15) is 6.10 Å². The maximum Gasteiger partial charge on any atom is 0.309 e. The van der Waals surface area contributed by atoms with Gasteiger partial charge in [0.2, 0.25) is 0 Å². The number of fused-ring (bicyclic) bond motifs is 3. The monoisotopic (exact) mass is 266 g/mol. The number of hydrogen-bond donors (Lipinski definition) is 1. The normalized spacial score (nSPS) is 50.2. The predicted octanol–water partition coefficient (Wildman–Crippen LogP) is 1.70. The first-order valence-electron chi connectivity index (χ1n) is 7.27. The SMILES string of the molecule is C[C@]12CCC(O)C(=O)[C@@H]1[C@@]1(C)CCOC(=O)C1CC2. The molecule has 0 bridgehead atoms. The van der Waals surface area contributed by atoms with Crippen molar-refractivity contribution in [3.05, 3.63) is 0 Å². The summed E-state index contributed by atoms with van der Waals surface area (Å²) in [4.78, 5) is 24.5. The number of Topliss-reactive ketones (excluding diaryl/α,β-unsaturated/α-hetero) is 1. The van der Waals surface area contributed by atoms with Crippen molar-refractivity contribution in [2.24, 2.45) is 22.7 Å². The largest absolute Gasteiger partial charge is 0.465 e. The van der Waals surface area contributed by atoms with Crippen LogP contribution in [0.25, 0.3) is 0 Å². The molecule has 0 radical (unpaired) electrons. The van der Waals surface area contributed by atoms with Crippen molar-refractivity contribution < 1.29 is 19.4 Å². The van der Waals surface area contributed by atoms with E-state index < -0.39 is 6.10 Å². The number of aliphatic hydroxyl groups is 1. The second-order valence-electron chi connectivity index (χ2n) is 7.06. The minimum Gasteiger partial charge on any atom is -0.465 e. The lowest BCUT2D eigenvalue weighted by Gasteiger charge is -2.58. The molecule has 2 unspecified atom stereocenters. The summed E-state index contributed by atoms with van der Waals surface area (Å²) in [6.07, 6.45) is 3.03. The Labute approximate surface area is 113 Å². The fourth-order valence-electron chi connectivity index (χ4n) is 4.86. The Balaban J connectivity index is 2.03. The summed E-state index contributed by atoms with van der Waals surface area (Å²) in [5.41, 5.74) is -0.389. The minimum absolute atomic E-state index is 0.0457. The Bertz CT molecular complexity index is 432. The molecule has 4 nitrogen and oxygen atoms in total. The predicted molar refractivity (Wildman–Crippen MR) is 68.3 cm³/mol. The van der Waals surface area contributed by atoms with Crippen LogP contribution in [0.2, 0.25) is 0 Å². The Morgan fingerprint density at radius 1 is 1.16 bits per heavy atom. The maximum absolute atomic E-state index is 12.5. The van der Waals surface area contributed by atoms with E-state index in [-0.39, 0.29) is 34.4 Å². The molecule has 5 atom stereocenters. The molecule has 0 aromatic carbocycles. The van der Waals surface area contributed by atoms with E-state index in [1.807, 2.05) is 0 Å². The molecule has 1 heterocycles. The topological polar surface area (TPSA) is 63.6 Å². The van der Waals surface area contributed by atoms with E-state index in [0.717, 1.165) is 25.7 Å². The van der Waals surface area contributed by atoms with Crippen molar-refractivity contribution >= 4 is 11.8 Å². The molecular formula is C15H22O4. The molecule has 0 aromatic rings. The van der Waals surface area contributed by atoms with Crippen molar-refractivity contribution in [3.63, 3.8) is 0 Å². The van der Waals surface area contributed by atoms with Crippen molar-refractivity contribution in [1.82, 2.24) is 0 Å². The van der Waals surface area contributed by atoms with Crippen LogP contribution in [0.4, 0.5) is 0 Å². The summed E-state index contributed by atoms with van der Waals surface area (Å²) in [5, 5.41) is 9.94. The highest BCUT2D eigenvalue weighted by molar-refractivity contribution is 5.89. The molecule has 0 aromatic heterocycles. The van der Waals surface area contributed by atoms with Crippen LogP contribution in [0, 0.1) is 22.7 Å². The summed E-state index contributed by atoms with van der Waals surface area (Å²) in [6, 6.07) is 0. The van der Waals surface area contributed by atoms with E-state index in [0.29, 0.717) is 13.0 Å². The minimum atomic E-state index is -0.841. The first-order chi connectivity index (χ1) is 8.88. The van der Waals surface area contributed by atoms with Crippen LogP contribution < -0.4 is 0 Å². The molecule has 3 aliphatic rings. The van der Waals surface area contributed by atoms with E-state index in [4.69, 9.17) is 4.74 Å². The summed E-state index contributed by atoms with van der Waals surface area (Å²) in [6.45, 7) is 4.61. The molecule has 1 N–H and O–H groups in total. The highest BCUT2D eigenvalue weighted by Crippen LogP contribution is 2.61. The first kappa shape index (κ1) is 13.1. The number of aliphatic hydroxyl groups excluding tert-OH is 1. The Kier molecular flexibility index (Phi) is 2.79. The van der Waals surface area contributed by atoms with E-state index in [1.54, 1.807) is 0 Å². The fraction of sp³-hybridized carbons (Fsp3) is 0.867. The molecule has 1 saturated heterocycles. The van der Waals surface area contributed by atoms with Crippen LogP contribution in [-0.4, -0.2) is 29.6 Å². The van der Waals surface area contributed by atoms with E-state index in [1.165, 1.54) is 0 Å². The maximum atomic E-state index is 12.5. The lowest BCUT2D eigenvalue weighted by molar-refractivity contribution is -0.188. The number of rotatable bonds is 0. The van der Waals surface area contributed by atoms with Gasteiger partial charge >= 0.3 is 5.97 Å². The van der Waals surface area contributed by atoms with Gasteiger partial charge in [-0.2, -0.15) is 0 Å². The Morgan fingerprint density at radius 3 is 2.58 bits per heavy atom. The Morgan fingerprint density at radius 2 is 1.84 bits per heavy atom. The van der Waals surface area contributed by atoms with Crippen LogP contribution in [0.15, 0.2) is 0 Å². The number of ether oxygens (including phenoxy) is 1. The van der Waals surface area contributed by atoms with E-state index in [9.17, 15) is 14.7 Å². The van der Waals surface area contributed by atoms with Crippen LogP contribution in [0.3, 0.4) is 0 Å². The molecule has 1 aliphatic heterocycles. The van der Waals surface area contributed by atoms with Gasteiger partial charge in [0.25, 0.3) is 0 Å². The van der Waals surface area contributed by atoms with Gasteiger partial charge in [-0.3, -0.25) is 9.59 Å². The van der Waals surface area contributed by atoms with E-state index >= 15 is 0 Å². The average Bonchev–Trinajstić information content (AvgIpc) is 2.33. The molecule has 19 heavy (non-hydrogen) atoms. The molecule has 3 rings (SSSR count). The number of carbonyl (C=O) groups is 2. The number of hydrogen-bond acceptors (Lipinski definition) is 4. The molecule has 2 saturated carbocycles. The van der Waals surface area contributed by atoms with Crippen LogP contribution in [0.1, 0.15) is 46.0 Å². The van der Waals surface area contributed by atoms with E-state index in [2.05, 4.69) is 13.8 Å². The van der Waals surface area contributed by atoms with Gasteiger partial charge in [0.15, 0.2) is 5.78 Å². The quantitative estimate of drug-likeness (QED) is 0.678. The smallest absolute Gasteiger partial charge is 0.309 e. The summed E-state index contributed by atoms with van der Waals surface area (Å²) < 4.78 is 5.17. The third kappa shape index (κ3) is 1.69. The van der Waals surface area contributed by atoms with Crippen molar-refractivity contribution in [2.45, 2.75) is 52.1 Å². The van der Waals surface area contributed by atoms with Crippen molar-refractivity contribution in [2.75, 3.05) is 6.61 Å². The lowest BCUT2D eigenvalue weighted by atomic mass is 9.46. The number of carbonyl (C=O) groups excluding carboxylic acids is 2. The van der Waals surface area contributed by atoms with Gasteiger partial charge in [-0.15, -0.1) is 0 Å². The zero-order valence-corrected chi connectivity index (χ0v) is 11.6. The molecule has 3 fully saturated rings. The van der Waals surface area contributed by atoms with Gasteiger partial charge in [-0.25, -0.2) is 0 Å². The third-order valence-corrected chi connectivity index (χ3v) is 5.93. The standard InChI is InChI=1S/C15H22O4/c1-14-5-3-9-13(18)19-8-7-15(9,2)12(14)11(17)10(16)4-6-14/h9-10,12,16H,3-8H2,1-2H3/t9?,10?,12-,14-,15-/m0/s1. The second kappa shape index (κ2) is 4.05. The second-order valence-corrected chi connectivity index (χ2v) is 7.06. The fourth-order valence-corrected chi connectivity index (χ4v) is 4.86. The Hall–Kier alpha value is -0.900. The first-order valence-corrected chi connectivity index (χ1v) is 7.27. The molecule has 0 amide bonds. The molecule has 2 aliphatic carbocycles. The van der Waals surface area contributed by atoms with Crippen LogP contribution in [-0.2, 0) is 14.3 Å². The molecule has 106 valence electrons. The van der Waals surface area contributed by atoms with Gasteiger partial charge < -0.3 is 9.84 Å². The van der Waals surface area contributed by atoms with Crippen LogP contribution >= 0.6 is 0 Å². The number of esters is 1. The third-order valence-electron chi connectivity index (χ3n) is 5.93. The molecule has 0 spiro atoms. The van der Waals surface area contributed by atoms with Gasteiger partial charge in [0.05, 0.1) is 12.5 Å². The highest BCUT2D eigenvalue weighted by Gasteiger charge is 2.62. The van der Waals surface area contributed by atoms with Crippen LogP contribution in [0.5, 0.6) is 0 Å². The lowest BCUT2D eigenvalue weighted by Crippen LogP contribution is -2.60. The number of cyclic esters (lactones) is 1. The zero-order chi connectivity index (χ0) is 13.8. The average molecular weight is 266 g/mol. The van der Waals surface area contributed by atoms with Gasteiger partial charge in [-0.1, -0.05) is 13.8 Å². The van der Waals surface area contributed by atoms with Gasteiger partial charge in [-0.05, 0) is 42.9 Å². The van der Waals surface area contributed by atoms with Crippen molar-refractivity contribution in [1.29, 1.82) is 0 Å². The zero-order valence-electron chi connectivity index (χ0n) is 11.6.